The summed E-state index contributed by atoms with van der Waals surface area (Å²) in [5.74, 6) is 0.885. The van der Waals surface area contributed by atoms with Crippen LogP contribution in [-0.2, 0) is 7.05 Å². The van der Waals surface area contributed by atoms with Gasteiger partial charge in [0.2, 0.25) is 0 Å². The van der Waals surface area contributed by atoms with Gasteiger partial charge in [-0.1, -0.05) is 30.3 Å². The lowest BCUT2D eigenvalue weighted by molar-refractivity contribution is 0.0769. The van der Waals surface area contributed by atoms with E-state index in [1.54, 1.807) is 11.8 Å². The molecule has 174 valence electrons. The second-order valence-corrected chi connectivity index (χ2v) is 8.66. The van der Waals surface area contributed by atoms with Crippen molar-refractivity contribution < 1.29 is 9.53 Å². The molecular weight excluding hydrogens is 426 g/mol. The summed E-state index contributed by atoms with van der Waals surface area (Å²) >= 11 is 0. The van der Waals surface area contributed by atoms with E-state index < -0.39 is 0 Å². The van der Waals surface area contributed by atoms with Crippen molar-refractivity contribution in [3.63, 3.8) is 0 Å². The fourth-order valence-electron chi connectivity index (χ4n) is 4.71. The zero-order chi connectivity index (χ0) is 23.7. The van der Waals surface area contributed by atoms with Crippen LogP contribution in [0.4, 0.5) is 5.69 Å². The molecule has 3 heterocycles. The van der Waals surface area contributed by atoms with Crippen molar-refractivity contribution in [2.75, 3.05) is 38.2 Å². The predicted molar refractivity (Wildman–Crippen MR) is 134 cm³/mol. The lowest BCUT2D eigenvalue weighted by Gasteiger charge is -2.24. The first-order valence-electron chi connectivity index (χ1n) is 11.6. The van der Waals surface area contributed by atoms with Gasteiger partial charge in [-0.3, -0.25) is 9.48 Å². The molecule has 2 aromatic heterocycles. The molecule has 1 fully saturated rings. The molecule has 1 amide bonds. The molecule has 1 aliphatic rings. The van der Waals surface area contributed by atoms with Crippen LogP contribution in [0.1, 0.15) is 22.5 Å². The Bertz CT molecular complexity index is 1310. The normalized spacial score (nSPS) is 14.3. The fraction of sp³-hybridized carbons (Fsp3) is 0.296. The zero-order valence-electron chi connectivity index (χ0n) is 19.9. The molecule has 0 aliphatic carbocycles. The number of ether oxygens (including phenoxy) is 1. The summed E-state index contributed by atoms with van der Waals surface area (Å²) in [6.07, 6.45) is 0.906. The van der Waals surface area contributed by atoms with Crippen molar-refractivity contribution in [1.29, 1.82) is 0 Å². The summed E-state index contributed by atoms with van der Waals surface area (Å²) in [5.41, 5.74) is 5.15. The summed E-state index contributed by atoms with van der Waals surface area (Å²) in [6.45, 7) is 5.01. The summed E-state index contributed by atoms with van der Waals surface area (Å²) in [6, 6.07) is 20.0. The number of carbonyl (C=O) groups excluding carboxylic acids is 1. The molecule has 1 aliphatic heterocycles. The predicted octanol–water partition coefficient (Wildman–Crippen LogP) is 4.30. The Morgan fingerprint density at radius 2 is 1.74 bits per heavy atom. The van der Waals surface area contributed by atoms with Crippen LogP contribution in [0.3, 0.4) is 0 Å². The van der Waals surface area contributed by atoms with E-state index in [1.165, 1.54) is 0 Å². The number of aromatic nitrogens is 3. The quantitative estimate of drug-likeness (QED) is 0.459. The molecule has 0 spiro atoms. The number of anilines is 1. The monoisotopic (exact) mass is 455 g/mol. The van der Waals surface area contributed by atoms with Crippen LogP contribution in [0.5, 0.6) is 5.75 Å². The van der Waals surface area contributed by atoms with Gasteiger partial charge in [-0.25, -0.2) is 4.98 Å². The largest absolute Gasteiger partial charge is 0.497 e. The molecule has 7 heteroatoms. The SMILES string of the molecule is COc1ccc(N2CCCN(C(=O)c3cc(-c4ccccc4)nc4c3c(C)nn4C)CC2)cc1. The van der Waals surface area contributed by atoms with Crippen molar-refractivity contribution in [3.05, 3.63) is 71.9 Å². The molecule has 1 saturated heterocycles. The number of aryl methyl sites for hydroxylation is 2. The molecule has 2 aromatic carbocycles. The van der Waals surface area contributed by atoms with E-state index in [2.05, 4.69) is 22.1 Å². The van der Waals surface area contributed by atoms with Crippen molar-refractivity contribution >= 4 is 22.6 Å². The number of pyridine rings is 1. The standard InChI is InChI=1S/C27H29N5O2/c1-19-25-23(18-24(20-8-5-4-6-9-20)28-26(25)30(2)29-19)27(33)32-15-7-14-31(16-17-32)21-10-12-22(34-3)13-11-21/h4-6,8-13,18H,7,14-17H2,1-3H3. The Hall–Kier alpha value is -3.87. The van der Waals surface area contributed by atoms with Crippen molar-refractivity contribution in [2.24, 2.45) is 7.05 Å². The maximum absolute atomic E-state index is 13.9. The number of fused-ring (bicyclic) bond motifs is 1. The molecule has 0 radical (unpaired) electrons. The van der Waals surface area contributed by atoms with E-state index in [-0.39, 0.29) is 5.91 Å². The Morgan fingerprint density at radius 1 is 0.971 bits per heavy atom. The van der Waals surface area contributed by atoms with Crippen LogP contribution in [-0.4, -0.2) is 58.9 Å². The summed E-state index contributed by atoms with van der Waals surface area (Å²) < 4.78 is 7.05. The van der Waals surface area contributed by atoms with Crippen molar-refractivity contribution in [2.45, 2.75) is 13.3 Å². The first-order valence-corrected chi connectivity index (χ1v) is 11.6. The average Bonchev–Trinajstić information content (AvgIpc) is 3.04. The number of carbonyl (C=O) groups is 1. The third kappa shape index (κ3) is 4.09. The third-order valence-electron chi connectivity index (χ3n) is 6.49. The fourth-order valence-corrected chi connectivity index (χ4v) is 4.71. The Labute approximate surface area is 199 Å². The molecule has 0 unspecified atom stereocenters. The summed E-state index contributed by atoms with van der Waals surface area (Å²) in [5, 5.41) is 5.40. The van der Waals surface area contributed by atoms with Gasteiger partial charge < -0.3 is 14.5 Å². The number of amides is 1. The maximum atomic E-state index is 13.9. The first-order chi connectivity index (χ1) is 16.5. The molecule has 34 heavy (non-hydrogen) atoms. The van der Waals surface area contributed by atoms with E-state index in [0.29, 0.717) is 12.1 Å². The number of benzene rings is 2. The average molecular weight is 456 g/mol. The van der Waals surface area contributed by atoms with E-state index in [0.717, 1.165) is 65.5 Å². The maximum Gasteiger partial charge on any atom is 0.254 e. The van der Waals surface area contributed by atoms with Gasteiger partial charge >= 0.3 is 0 Å². The topological polar surface area (TPSA) is 63.5 Å². The number of methoxy groups -OCH3 is 1. The summed E-state index contributed by atoms with van der Waals surface area (Å²) in [4.78, 5) is 23.0. The molecule has 4 aromatic rings. The van der Waals surface area contributed by atoms with Gasteiger partial charge in [0.05, 0.1) is 29.4 Å². The van der Waals surface area contributed by atoms with E-state index in [9.17, 15) is 4.79 Å². The molecule has 0 atom stereocenters. The number of rotatable bonds is 4. The first kappa shape index (κ1) is 21.9. The second-order valence-electron chi connectivity index (χ2n) is 8.66. The van der Waals surface area contributed by atoms with Gasteiger partial charge in [-0.05, 0) is 43.7 Å². The highest BCUT2D eigenvalue weighted by molar-refractivity contribution is 6.07. The van der Waals surface area contributed by atoms with E-state index in [1.807, 2.05) is 67.4 Å². The highest BCUT2D eigenvalue weighted by Gasteiger charge is 2.25. The number of hydrogen-bond acceptors (Lipinski definition) is 5. The third-order valence-corrected chi connectivity index (χ3v) is 6.49. The summed E-state index contributed by atoms with van der Waals surface area (Å²) in [7, 11) is 3.55. The molecule has 0 saturated carbocycles. The minimum absolute atomic E-state index is 0.0391. The van der Waals surface area contributed by atoms with Crippen LogP contribution >= 0.6 is 0 Å². The Kier molecular flexibility index (Phi) is 5.92. The van der Waals surface area contributed by atoms with Gasteiger partial charge in [0, 0.05) is 44.5 Å². The second kappa shape index (κ2) is 9.17. The highest BCUT2D eigenvalue weighted by atomic mass is 16.5. The van der Waals surface area contributed by atoms with Crippen LogP contribution in [0.15, 0.2) is 60.7 Å². The number of hydrogen-bond donors (Lipinski definition) is 0. The molecular formula is C27H29N5O2. The van der Waals surface area contributed by atoms with Crippen molar-refractivity contribution in [1.82, 2.24) is 19.7 Å². The Morgan fingerprint density at radius 3 is 2.47 bits per heavy atom. The highest BCUT2D eigenvalue weighted by Crippen LogP contribution is 2.28. The van der Waals surface area contributed by atoms with Gasteiger partial charge in [0.25, 0.3) is 5.91 Å². The van der Waals surface area contributed by atoms with Gasteiger partial charge in [-0.2, -0.15) is 5.10 Å². The minimum atomic E-state index is 0.0391. The molecule has 5 rings (SSSR count). The Balaban J connectivity index is 1.45. The zero-order valence-corrected chi connectivity index (χ0v) is 19.9. The van der Waals surface area contributed by atoms with Crippen LogP contribution in [0.25, 0.3) is 22.3 Å². The molecule has 7 nitrogen and oxygen atoms in total. The molecule has 0 bridgehead atoms. The van der Waals surface area contributed by atoms with Gasteiger partial charge in [0.1, 0.15) is 5.75 Å². The van der Waals surface area contributed by atoms with Crippen LogP contribution in [0, 0.1) is 6.92 Å². The van der Waals surface area contributed by atoms with Gasteiger partial charge in [-0.15, -0.1) is 0 Å². The van der Waals surface area contributed by atoms with E-state index in [4.69, 9.17) is 9.72 Å². The van der Waals surface area contributed by atoms with Gasteiger partial charge in [0.15, 0.2) is 5.65 Å². The molecule has 0 N–H and O–H groups in total. The van der Waals surface area contributed by atoms with E-state index >= 15 is 0 Å². The minimum Gasteiger partial charge on any atom is -0.497 e. The van der Waals surface area contributed by atoms with Crippen molar-refractivity contribution in [3.8, 4) is 17.0 Å². The van der Waals surface area contributed by atoms with Crippen LogP contribution in [0.2, 0.25) is 0 Å². The van der Waals surface area contributed by atoms with Crippen LogP contribution < -0.4 is 9.64 Å². The number of nitrogens with zero attached hydrogens (tertiary/aromatic N) is 5. The lowest BCUT2D eigenvalue weighted by Crippen LogP contribution is -2.35. The smallest absolute Gasteiger partial charge is 0.254 e. The lowest BCUT2D eigenvalue weighted by atomic mass is 10.0.